The van der Waals surface area contributed by atoms with Crippen molar-refractivity contribution in [1.82, 2.24) is 0 Å². The molecule has 0 saturated carbocycles. The van der Waals surface area contributed by atoms with Gasteiger partial charge in [0, 0.05) is 13.7 Å². The summed E-state index contributed by atoms with van der Waals surface area (Å²) >= 11 is 0. The van der Waals surface area contributed by atoms with Gasteiger partial charge in [-0.05, 0) is 5.92 Å². The summed E-state index contributed by atoms with van der Waals surface area (Å²) in [6.45, 7) is 9.50. The van der Waals surface area contributed by atoms with Crippen molar-refractivity contribution in [3.05, 3.63) is 0 Å². The summed E-state index contributed by atoms with van der Waals surface area (Å²) in [4.78, 5) is 0. The highest BCUT2D eigenvalue weighted by molar-refractivity contribution is 4.43. The first kappa shape index (κ1) is 12.6. The molecule has 0 rings (SSSR count). The minimum Gasteiger partial charge on any atom is -0.384 e. The summed E-state index contributed by atoms with van der Waals surface area (Å²) in [7, 11) is 1.74. The van der Waals surface area contributed by atoms with Gasteiger partial charge in [-0.3, -0.25) is 0 Å². The van der Waals surface area contributed by atoms with Crippen LogP contribution in [0.2, 0.25) is 0 Å². The Kier molecular flexibility index (Phi) is 14.8. The largest absolute Gasteiger partial charge is 0.384 e. The van der Waals surface area contributed by atoms with Crippen LogP contribution in [0.3, 0.4) is 0 Å². The van der Waals surface area contributed by atoms with Crippen LogP contribution in [0.4, 0.5) is 0 Å². The minimum absolute atomic E-state index is 0.727. The lowest BCUT2D eigenvalue weighted by molar-refractivity contribution is 0.158. The molecule has 1 atom stereocenters. The fraction of sp³-hybridized carbons (Fsp3) is 1.00. The first-order valence-corrected chi connectivity index (χ1v) is 4.21. The van der Waals surface area contributed by atoms with Crippen LogP contribution < -0.4 is 0 Å². The number of hydrogen-bond acceptors (Lipinski definition) is 1. The van der Waals surface area contributed by atoms with E-state index >= 15 is 0 Å². The molecular formula is C9H22O. The third-order valence-electron chi connectivity index (χ3n) is 1.15. The maximum atomic E-state index is 4.89. The zero-order chi connectivity index (χ0) is 8.41. The van der Waals surface area contributed by atoms with Crippen molar-refractivity contribution in [2.45, 2.75) is 40.5 Å². The molecule has 0 heterocycles. The summed E-state index contributed by atoms with van der Waals surface area (Å²) in [5.41, 5.74) is 0. The summed E-state index contributed by atoms with van der Waals surface area (Å²) < 4.78 is 4.89. The molecule has 0 aliphatic carbocycles. The molecule has 0 bridgehead atoms. The maximum Gasteiger partial charge on any atom is 0.0487 e. The standard InChI is InChI=1S/C6H14O.C3H8/c1-4-6(2)5-7-3;1-3-2/h6H,4-5H2,1-3H3;3H2,1-2H3. The molecule has 10 heavy (non-hydrogen) atoms. The van der Waals surface area contributed by atoms with Gasteiger partial charge in [-0.25, -0.2) is 0 Å². The lowest BCUT2D eigenvalue weighted by atomic mass is 10.1. The van der Waals surface area contributed by atoms with Gasteiger partial charge in [0.25, 0.3) is 0 Å². The molecule has 0 fully saturated rings. The van der Waals surface area contributed by atoms with Crippen molar-refractivity contribution >= 4 is 0 Å². The predicted molar refractivity (Wildman–Crippen MR) is 47.3 cm³/mol. The molecule has 0 aliphatic rings. The van der Waals surface area contributed by atoms with Crippen molar-refractivity contribution in [2.24, 2.45) is 5.92 Å². The van der Waals surface area contributed by atoms with E-state index < -0.39 is 0 Å². The monoisotopic (exact) mass is 146 g/mol. The Bertz CT molecular complexity index is 44.0. The highest BCUT2D eigenvalue weighted by atomic mass is 16.5. The molecular weight excluding hydrogens is 124 g/mol. The van der Waals surface area contributed by atoms with Gasteiger partial charge in [0.1, 0.15) is 0 Å². The van der Waals surface area contributed by atoms with E-state index in [9.17, 15) is 0 Å². The second kappa shape index (κ2) is 11.7. The highest BCUT2D eigenvalue weighted by Gasteiger charge is 1.93. The zero-order valence-electron chi connectivity index (χ0n) is 8.11. The van der Waals surface area contributed by atoms with E-state index in [0.29, 0.717) is 0 Å². The zero-order valence-corrected chi connectivity index (χ0v) is 8.11. The van der Waals surface area contributed by atoms with Crippen LogP contribution in [0.1, 0.15) is 40.5 Å². The molecule has 0 radical (unpaired) electrons. The summed E-state index contributed by atoms with van der Waals surface area (Å²) in [6.07, 6.45) is 2.47. The van der Waals surface area contributed by atoms with Gasteiger partial charge in [-0.1, -0.05) is 40.5 Å². The van der Waals surface area contributed by atoms with E-state index in [-0.39, 0.29) is 0 Å². The summed E-state index contributed by atoms with van der Waals surface area (Å²) in [6, 6.07) is 0. The second-order valence-electron chi connectivity index (χ2n) is 2.68. The van der Waals surface area contributed by atoms with Crippen molar-refractivity contribution in [2.75, 3.05) is 13.7 Å². The molecule has 0 aromatic heterocycles. The van der Waals surface area contributed by atoms with Crippen LogP contribution in [0.15, 0.2) is 0 Å². The molecule has 0 spiro atoms. The number of ether oxygens (including phenoxy) is 1. The van der Waals surface area contributed by atoms with Crippen molar-refractivity contribution in [1.29, 1.82) is 0 Å². The van der Waals surface area contributed by atoms with E-state index in [2.05, 4.69) is 27.7 Å². The van der Waals surface area contributed by atoms with E-state index in [1.54, 1.807) is 7.11 Å². The fourth-order valence-electron chi connectivity index (χ4n) is 0.402. The van der Waals surface area contributed by atoms with Crippen LogP contribution in [0.25, 0.3) is 0 Å². The molecule has 1 nitrogen and oxygen atoms in total. The third-order valence-corrected chi connectivity index (χ3v) is 1.15. The van der Waals surface area contributed by atoms with Crippen LogP contribution in [0.5, 0.6) is 0 Å². The van der Waals surface area contributed by atoms with Crippen LogP contribution in [-0.4, -0.2) is 13.7 Å². The Morgan fingerprint density at radius 1 is 1.20 bits per heavy atom. The van der Waals surface area contributed by atoms with Crippen molar-refractivity contribution < 1.29 is 4.74 Å². The molecule has 64 valence electrons. The van der Waals surface area contributed by atoms with Crippen LogP contribution >= 0.6 is 0 Å². The number of rotatable bonds is 3. The van der Waals surface area contributed by atoms with Gasteiger partial charge in [0.15, 0.2) is 0 Å². The molecule has 0 aromatic rings. The Morgan fingerprint density at radius 2 is 1.60 bits per heavy atom. The average Bonchev–Trinajstić information content (AvgIpc) is 1.90. The van der Waals surface area contributed by atoms with Crippen molar-refractivity contribution in [3.8, 4) is 0 Å². The summed E-state index contributed by atoms with van der Waals surface area (Å²) in [5, 5.41) is 0. The lowest BCUT2D eigenvalue weighted by Crippen LogP contribution is -2.00. The van der Waals surface area contributed by atoms with E-state index in [4.69, 9.17) is 4.74 Å². The van der Waals surface area contributed by atoms with Crippen LogP contribution in [-0.2, 0) is 4.74 Å². The SMILES string of the molecule is CCC.CCC(C)COC. The number of methoxy groups -OCH3 is 1. The minimum atomic E-state index is 0.727. The van der Waals surface area contributed by atoms with Gasteiger partial charge >= 0.3 is 0 Å². The van der Waals surface area contributed by atoms with Gasteiger partial charge in [0.05, 0.1) is 0 Å². The third kappa shape index (κ3) is 15.7. The molecule has 0 aliphatic heterocycles. The van der Waals surface area contributed by atoms with Gasteiger partial charge in [-0.15, -0.1) is 0 Å². The molecule has 1 heteroatoms. The van der Waals surface area contributed by atoms with Gasteiger partial charge in [-0.2, -0.15) is 0 Å². The highest BCUT2D eigenvalue weighted by Crippen LogP contribution is 1.98. The van der Waals surface area contributed by atoms with Gasteiger partial charge in [0.2, 0.25) is 0 Å². The average molecular weight is 146 g/mol. The lowest BCUT2D eigenvalue weighted by Gasteiger charge is -2.03. The van der Waals surface area contributed by atoms with Crippen LogP contribution in [0, 0.1) is 5.92 Å². The maximum absolute atomic E-state index is 4.89. The molecule has 0 amide bonds. The summed E-state index contributed by atoms with van der Waals surface area (Å²) in [5.74, 6) is 0.727. The molecule has 1 unspecified atom stereocenters. The predicted octanol–water partition coefficient (Wildman–Crippen LogP) is 3.10. The topological polar surface area (TPSA) is 9.23 Å². The Balaban J connectivity index is 0. The van der Waals surface area contributed by atoms with E-state index in [1.165, 1.54) is 12.8 Å². The molecule has 0 aromatic carbocycles. The van der Waals surface area contributed by atoms with Gasteiger partial charge < -0.3 is 4.74 Å². The Morgan fingerprint density at radius 3 is 1.70 bits per heavy atom. The van der Waals surface area contributed by atoms with Crippen molar-refractivity contribution in [3.63, 3.8) is 0 Å². The smallest absolute Gasteiger partial charge is 0.0487 e. The number of hydrogen-bond donors (Lipinski definition) is 0. The molecule has 0 saturated heterocycles. The quantitative estimate of drug-likeness (QED) is 0.594. The second-order valence-corrected chi connectivity index (χ2v) is 2.68. The van der Waals surface area contributed by atoms with E-state index in [1.807, 2.05) is 0 Å². The van der Waals surface area contributed by atoms with E-state index in [0.717, 1.165) is 12.5 Å². The molecule has 0 N–H and O–H groups in total. The fourth-order valence-corrected chi connectivity index (χ4v) is 0.402. The Hall–Kier alpha value is -0.0400. The Labute approximate surface area is 65.8 Å². The first-order chi connectivity index (χ1) is 4.72. The first-order valence-electron chi connectivity index (χ1n) is 4.21. The normalized spacial score (nSPS) is 11.7.